The zero-order chi connectivity index (χ0) is 12.0. The molecule has 0 saturated carbocycles. The number of hydrogen-bond acceptors (Lipinski definition) is 4. The maximum Gasteiger partial charge on any atom is 0.130 e. The van der Waals surface area contributed by atoms with Gasteiger partial charge in [-0.25, -0.2) is 0 Å². The Labute approximate surface area is 101 Å². The second kappa shape index (κ2) is 6.53. The molecule has 0 atom stereocenters. The zero-order valence-electron chi connectivity index (χ0n) is 10.2. The first kappa shape index (κ1) is 13.0. The molecule has 0 aliphatic rings. The van der Waals surface area contributed by atoms with E-state index in [4.69, 9.17) is 14.2 Å². The molecule has 3 nitrogen and oxygen atoms in total. The fraction of sp³-hybridized carbons (Fsp3) is 0.500. The molecule has 0 spiro atoms. The first-order chi connectivity index (χ1) is 7.76. The van der Waals surface area contributed by atoms with Crippen LogP contribution in [-0.4, -0.2) is 27.1 Å². The van der Waals surface area contributed by atoms with Crippen molar-refractivity contribution in [1.82, 2.24) is 0 Å². The molecule has 1 aromatic carbocycles. The van der Waals surface area contributed by atoms with Crippen LogP contribution in [0.2, 0.25) is 0 Å². The molecule has 0 aliphatic heterocycles. The third kappa shape index (κ3) is 2.98. The van der Waals surface area contributed by atoms with E-state index >= 15 is 0 Å². The predicted octanol–water partition coefficient (Wildman–Crippen LogP) is 2.97. The number of hydrogen-bond donors (Lipinski definition) is 0. The standard InChI is InChI=1S/C12H18O3S/c1-5-16-8-10-11(14-3)6-9(13-2)7-12(10)15-4/h6-7H,5,8H2,1-4H3. The molecule has 0 N–H and O–H groups in total. The number of ether oxygens (including phenoxy) is 3. The Kier molecular flexibility index (Phi) is 5.32. The van der Waals surface area contributed by atoms with E-state index in [9.17, 15) is 0 Å². The van der Waals surface area contributed by atoms with Gasteiger partial charge < -0.3 is 14.2 Å². The summed E-state index contributed by atoms with van der Waals surface area (Å²) in [6.07, 6.45) is 0. The van der Waals surface area contributed by atoms with E-state index in [0.29, 0.717) is 0 Å². The molecule has 16 heavy (non-hydrogen) atoms. The highest BCUT2D eigenvalue weighted by molar-refractivity contribution is 7.98. The summed E-state index contributed by atoms with van der Waals surface area (Å²) in [6, 6.07) is 3.77. The van der Waals surface area contributed by atoms with E-state index in [1.54, 1.807) is 21.3 Å². The van der Waals surface area contributed by atoms with Crippen LogP contribution in [0.3, 0.4) is 0 Å². The van der Waals surface area contributed by atoms with Crippen molar-refractivity contribution in [3.8, 4) is 17.2 Å². The smallest absolute Gasteiger partial charge is 0.130 e. The minimum atomic E-state index is 0.749. The van der Waals surface area contributed by atoms with Crippen molar-refractivity contribution in [2.45, 2.75) is 12.7 Å². The first-order valence-corrected chi connectivity index (χ1v) is 6.28. The molecule has 0 aromatic heterocycles. The van der Waals surface area contributed by atoms with Crippen molar-refractivity contribution in [2.75, 3.05) is 27.1 Å². The maximum absolute atomic E-state index is 5.35. The Bertz CT molecular complexity index is 314. The van der Waals surface area contributed by atoms with Crippen LogP contribution in [0.15, 0.2) is 12.1 Å². The van der Waals surface area contributed by atoms with Gasteiger partial charge in [0.2, 0.25) is 0 Å². The Balaban J connectivity index is 3.09. The Morgan fingerprint density at radius 1 is 1.00 bits per heavy atom. The number of benzene rings is 1. The van der Waals surface area contributed by atoms with Gasteiger partial charge in [0.25, 0.3) is 0 Å². The summed E-state index contributed by atoms with van der Waals surface area (Å²) in [5.74, 6) is 4.33. The average molecular weight is 242 g/mol. The molecule has 90 valence electrons. The van der Waals surface area contributed by atoms with Gasteiger partial charge in [-0.15, -0.1) is 0 Å². The van der Waals surface area contributed by atoms with Crippen molar-refractivity contribution in [1.29, 1.82) is 0 Å². The molecular formula is C12H18O3S. The summed E-state index contributed by atoms with van der Waals surface area (Å²) in [5.41, 5.74) is 1.08. The van der Waals surface area contributed by atoms with Crippen molar-refractivity contribution in [2.24, 2.45) is 0 Å². The van der Waals surface area contributed by atoms with E-state index in [2.05, 4.69) is 6.92 Å². The molecule has 0 saturated heterocycles. The van der Waals surface area contributed by atoms with Gasteiger partial charge in [0.1, 0.15) is 17.2 Å². The monoisotopic (exact) mass is 242 g/mol. The van der Waals surface area contributed by atoms with Crippen LogP contribution < -0.4 is 14.2 Å². The minimum absolute atomic E-state index is 0.749. The van der Waals surface area contributed by atoms with Crippen LogP contribution >= 0.6 is 11.8 Å². The highest BCUT2D eigenvalue weighted by atomic mass is 32.2. The fourth-order valence-electron chi connectivity index (χ4n) is 1.42. The summed E-state index contributed by atoms with van der Waals surface area (Å²) in [4.78, 5) is 0. The third-order valence-electron chi connectivity index (χ3n) is 2.27. The van der Waals surface area contributed by atoms with Gasteiger partial charge in [-0.3, -0.25) is 0 Å². The van der Waals surface area contributed by atoms with Gasteiger partial charge in [0, 0.05) is 23.4 Å². The van der Waals surface area contributed by atoms with E-state index in [-0.39, 0.29) is 0 Å². The van der Waals surface area contributed by atoms with Gasteiger partial charge in [-0.2, -0.15) is 11.8 Å². The second-order valence-corrected chi connectivity index (χ2v) is 4.42. The van der Waals surface area contributed by atoms with Crippen LogP contribution in [0.5, 0.6) is 17.2 Å². The summed E-state index contributed by atoms with van der Waals surface area (Å²) < 4.78 is 15.9. The molecule has 0 bridgehead atoms. The minimum Gasteiger partial charge on any atom is -0.496 e. The summed E-state index contributed by atoms with van der Waals surface area (Å²) >= 11 is 1.83. The lowest BCUT2D eigenvalue weighted by atomic mass is 10.2. The first-order valence-electron chi connectivity index (χ1n) is 5.13. The highest BCUT2D eigenvalue weighted by Crippen LogP contribution is 2.36. The molecule has 0 unspecified atom stereocenters. The van der Waals surface area contributed by atoms with Crippen molar-refractivity contribution < 1.29 is 14.2 Å². The fourth-order valence-corrected chi connectivity index (χ4v) is 2.12. The lowest BCUT2D eigenvalue weighted by Crippen LogP contribution is -1.97. The maximum atomic E-state index is 5.35. The summed E-state index contributed by atoms with van der Waals surface area (Å²) in [5, 5.41) is 0. The Morgan fingerprint density at radius 2 is 1.56 bits per heavy atom. The SMILES string of the molecule is CCSCc1c(OC)cc(OC)cc1OC. The zero-order valence-corrected chi connectivity index (χ0v) is 11.0. The van der Waals surface area contributed by atoms with E-state index in [0.717, 1.165) is 34.3 Å². The van der Waals surface area contributed by atoms with Crippen LogP contribution in [0.25, 0.3) is 0 Å². The molecule has 0 aliphatic carbocycles. The van der Waals surface area contributed by atoms with E-state index in [1.807, 2.05) is 23.9 Å². The second-order valence-electron chi connectivity index (χ2n) is 3.15. The number of thioether (sulfide) groups is 1. The van der Waals surface area contributed by atoms with Gasteiger partial charge in [0.05, 0.1) is 21.3 Å². The van der Waals surface area contributed by atoms with Gasteiger partial charge in [-0.05, 0) is 5.75 Å². The predicted molar refractivity (Wildman–Crippen MR) is 67.9 cm³/mol. The van der Waals surface area contributed by atoms with Gasteiger partial charge >= 0.3 is 0 Å². The highest BCUT2D eigenvalue weighted by Gasteiger charge is 2.12. The Morgan fingerprint density at radius 3 is 1.94 bits per heavy atom. The number of methoxy groups -OCH3 is 3. The topological polar surface area (TPSA) is 27.7 Å². The normalized spacial score (nSPS) is 10.0. The van der Waals surface area contributed by atoms with Crippen LogP contribution in [0, 0.1) is 0 Å². The van der Waals surface area contributed by atoms with Crippen molar-refractivity contribution >= 4 is 11.8 Å². The summed E-state index contributed by atoms with van der Waals surface area (Å²) in [7, 11) is 4.96. The molecule has 4 heteroatoms. The Hall–Kier alpha value is -1.03. The molecule has 0 radical (unpaired) electrons. The average Bonchev–Trinajstić information content (AvgIpc) is 2.35. The molecule has 0 heterocycles. The molecular weight excluding hydrogens is 224 g/mol. The molecule has 0 amide bonds. The summed E-state index contributed by atoms with van der Waals surface area (Å²) in [6.45, 7) is 2.13. The van der Waals surface area contributed by atoms with Crippen molar-refractivity contribution in [3.63, 3.8) is 0 Å². The van der Waals surface area contributed by atoms with Crippen molar-refractivity contribution in [3.05, 3.63) is 17.7 Å². The van der Waals surface area contributed by atoms with Crippen LogP contribution in [-0.2, 0) is 5.75 Å². The lowest BCUT2D eigenvalue weighted by Gasteiger charge is -2.14. The van der Waals surface area contributed by atoms with E-state index < -0.39 is 0 Å². The van der Waals surface area contributed by atoms with Crippen LogP contribution in [0.1, 0.15) is 12.5 Å². The van der Waals surface area contributed by atoms with Gasteiger partial charge in [0.15, 0.2) is 0 Å². The molecule has 1 rings (SSSR count). The largest absolute Gasteiger partial charge is 0.496 e. The van der Waals surface area contributed by atoms with E-state index in [1.165, 1.54) is 0 Å². The number of rotatable bonds is 6. The quantitative estimate of drug-likeness (QED) is 0.766. The lowest BCUT2D eigenvalue weighted by molar-refractivity contribution is 0.371. The molecule has 1 aromatic rings. The van der Waals surface area contributed by atoms with Gasteiger partial charge in [-0.1, -0.05) is 6.92 Å². The van der Waals surface area contributed by atoms with Crippen LogP contribution in [0.4, 0.5) is 0 Å². The third-order valence-corrected chi connectivity index (χ3v) is 3.17. The molecule has 0 fully saturated rings.